The maximum Gasteiger partial charge on any atom is 0.317 e. The summed E-state index contributed by atoms with van der Waals surface area (Å²) in [4.78, 5) is 14.7. The molecule has 1 unspecified atom stereocenters. The quantitative estimate of drug-likeness (QED) is 0.731. The van der Waals surface area contributed by atoms with Crippen molar-refractivity contribution in [1.29, 1.82) is 0 Å². The second-order valence-electron chi connectivity index (χ2n) is 7.75. The predicted octanol–water partition coefficient (Wildman–Crippen LogP) is 4.44. The van der Waals surface area contributed by atoms with E-state index in [-0.39, 0.29) is 12.1 Å². The molecular weight excluding hydrogens is 380 g/mol. The third-order valence-corrected chi connectivity index (χ3v) is 5.80. The van der Waals surface area contributed by atoms with Crippen molar-refractivity contribution in [2.75, 3.05) is 34.4 Å². The fraction of sp³-hybridized carbons (Fsp3) is 0.458. The van der Waals surface area contributed by atoms with E-state index in [1.54, 1.807) is 21.3 Å². The predicted molar refractivity (Wildman–Crippen MR) is 117 cm³/mol. The molecule has 1 N–H and O–H groups in total. The van der Waals surface area contributed by atoms with Gasteiger partial charge in [0.25, 0.3) is 0 Å². The van der Waals surface area contributed by atoms with Crippen molar-refractivity contribution in [3.05, 3.63) is 53.6 Å². The number of carbonyl (C=O) groups is 1. The number of amides is 2. The summed E-state index contributed by atoms with van der Waals surface area (Å²) in [5.41, 5.74) is 2.27. The monoisotopic (exact) mass is 412 g/mol. The molecule has 1 fully saturated rings. The number of hydrogen-bond donors (Lipinski definition) is 1. The molecule has 0 bridgehead atoms. The summed E-state index contributed by atoms with van der Waals surface area (Å²) in [5.74, 6) is 2.33. The van der Waals surface area contributed by atoms with E-state index >= 15 is 0 Å². The molecule has 2 aromatic carbocycles. The van der Waals surface area contributed by atoms with Crippen LogP contribution in [0.1, 0.15) is 36.9 Å². The van der Waals surface area contributed by atoms with E-state index in [4.69, 9.17) is 14.2 Å². The maximum absolute atomic E-state index is 12.8. The molecule has 1 atom stereocenters. The van der Waals surface area contributed by atoms with Crippen LogP contribution in [0.5, 0.6) is 17.2 Å². The smallest absolute Gasteiger partial charge is 0.317 e. The Morgan fingerprint density at radius 3 is 2.17 bits per heavy atom. The second kappa shape index (κ2) is 10.2. The van der Waals surface area contributed by atoms with Gasteiger partial charge >= 0.3 is 6.03 Å². The summed E-state index contributed by atoms with van der Waals surface area (Å²) in [6.45, 7) is 3.53. The van der Waals surface area contributed by atoms with E-state index in [2.05, 4.69) is 29.6 Å². The lowest BCUT2D eigenvalue weighted by molar-refractivity contribution is 0.167. The van der Waals surface area contributed by atoms with Gasteiger partial charge in [-0.15, -0.1) is 0 Å². The largest absolute Gasteiger partial charge is 0.493 e. The third kappa shape index (κ3) is 5.17. The summed E-state index contributed by atoms with van der Waals surface area (Å²) in [7, 11) is 4.75. The lowest BCUT2D eigenvalue weighted by Crippen LogP contribution is -2.45. The Hall–Kier alpha value is -2.89. The fourth-order valence-electron chi connectivity index (χ4n) is 4.00. The van der Waals surface area contributed by atoms with Crippen molar-refractivity contribution in [3.63, 3.8) is 0 Å². The van der Waals surface area contributed by atoms with Gasteiger partial charge < -0.3 is 24.4 Å². The van der Waals surface area contributed by atoms with Crippen LogP contribution in [-0.2, 0) is 6.42 Å². The summed E-state index contributed by atoms with van der Waals surface area (Å²) in [5, 5.41) is 3.11. The Labute approximate surface area is 179 Å². The Bertz CT molecular complexity index is 807. The number of nitrogens with one attached hydrogen (secondary N) is 1. The third-order valence-electron chi connectivity index (χ3n) is 5.80. The van der Waals surface area contributed by atoms with Gasteiger partial charge in [-0.25, -0.2) is 4.79 Å². The number of likely N-dealkylation sites (tertiary alicyclic amines) is 1. The van der Waals surface area contributed by atoms with Crippen LogP contribution in [0.4, 0.5) is 4.79 Å². The van der Waals surface area contributed by atoms with E-state index in [1.807, 2.05) is 30.0 Å². The number of ether oxygens (including phenoxy) is 3. The zero-order valence-electron chi connectivity index (χ0n) is 18.3. The van der Waals surface area contributed by atoms with E-state index in [9.17, 15) is 4.79 Å². The summed E-state index contributed by atoms with van der Waals surface area (Å²) >= 11 is 0. The molecule has 0 aliphatic carbocycles. The average Bonchev–Trinajstić information content (AvgIpc) is 2.79. The van der Waals surface area contributed by atoms with Crippen LogP contribution in [0.15, 0.2) is 42.5 Å². The molecule has 6 heteroatoms. The van der Waals surface area contributed by atoms with E-state index in [0.29, 0.717) is 23.2 Å². The van der Waals surface area contributed by atoms with Crippen LogP contribution in [0.3, 0.4) is 0 Å². The summed E-state index contributed by atoms with van der Waals surface area (Å²) < 4.78 is 16.2. The number of piperidine rings is 1. The Morgan fingerprint density at radius 2 is 1.63 bits per heavy atom. The van der Waals surface area contributed by atoms with Crippen molar-refractivity contribution in [3.8, 4) is 17.2 Å². The highest BCUT2D eigenvalue weighted by Crippen LogP contribution is 2.39. The van der Waals surface area contributed by atoms with Gasteiger partial charge in [0.05, 0.1) is 27.4 Å². The molecule has 0 aromatic heterocycles. The minimum atomic E-state index is -0.187. The normalized spacial score (nSPS) is 15.4. The highest BCUT2D eigenvalue weighted by Gasteiger charge is 2.25. The van der Waals surface area contributed by atoms with Crippen LogP contribution in [-0.4, -0.2) is 45.3 Å². The maximum atomic E-state index is 12.8. The van der Waals surface area contributed by atoms with Gasteiger partial charge in [0.1, 0.15) is 0 Å². The number of benzene rings is 2. The Balaban J connectivity index is 1.57. The van der Waals surface area contributed by atoms with Crippen LogP contribution in [0, 0.1) is 5.92 Å². The van der Waals surface area contributed by atoms with Crippen LogP contribution in [0.25, 0.3) is 0 Å². The van der Waals surface area contributed by atoms with Gasteiger partial charge in [-0.3, -0.25) is 0 Å². The summed E-state index contributed by atoms with van der Waals surface area (Å²) in [6.07, 6.45) is 3.14. The van der Waals surface area contributed by atoms with Gasteiger partial charge in [-0.2, -0.15) is 0 Å². The number of methoxy groups -OCH3 is 3. The molecule has 2 amide bonds. The molecule has 162 valence electrons. The average molecular weight is 413 g/mol. The minimum Gasteiger partial charge on any atom is -0.493 e. The molecule has 6 nitrogen and oxygen atoms in total. The first-order chi connectivity index (χ1) is 14.5. The molecular formula is C24H32N2O4. The van der Waals surface area contributed by atoms with Crippen molar-refractivity contribution in [2.45, 2.75) is 32.2 Å². The van der Waals surface area contributed by atoms with Gasteiger partial charge in [0.2, 0.25) is 5.75 Å². The summed E-state index contributed by atoms with van der Waals surface area (Å²) in [6, 6.07) is 14.1. The molecule has 3 rings (SSSR count). The molecule has 1 saturated heterocycles. The molecule has 0 spiro atoms. The van der Waals surface area contributed by atoms with Gasteiger partial charge in [0, 0.05) is 13.1 Å². The van der Waals surface area contributed by atoms with E-state index in [1.165, 1.54) is 5.56 Å². The molecule has 2 aromatic rings. The standard InChI is InChI=1S/C24H32N2O4/c1-17(20-15-21(28-2)23(30-4)22(16-20)29-3)25-24(27)26-12-10-19(11-13-26)14-18-8-6-5-7-9-18/h5-9,15-17,19H,10-14H2,1-4H3,(H,25,27). The highest BCUT2D eigenvalue weighted by atomic mass is 16.5. The molecule has 1 aliphatic heterocycles. The lowest BCUT2D eigenvalue weighted by atomic mass is 9.90. The zero-order valence-corrected chi connectivity index (χ0v) is 18.3. The first-order valence-electron chi connectivity index (χ1n) is 10.4. The number of hydrogen-bond acceptors (Lipinski definition) is 4. The fourth-order valence-corrected chi connectivity index (χ4v) is 4.00. The van der Waals surface area contributed by atoms with E-state index in [0.717, 1.165) is 37.9 Å². The van der Waals surface area contributed by atoms with Crippen LogP contribution < -0.4 is 19.5 Å². The Morgan fingerprint density at radius 1 is 1.03 bits per heavy atom. The molecule has 30 heavy (non-hydrogen) atoms. The van der Waals surface area contributed by atoms with Crippen molar-refractivity contribution in [2.24, 2.45) is 5.92 Å². The SMILES string of the molecule is COc1cc(C(C)NC(=O)N2CCC(Cc3ccccc3)CC2)cc(OC)c1OC. The van der Waals surface area contributed by atoms with Crippen LogP contribution >= 0.6 is 0 Å². The topological polar surface area (TPSA) is 60.0 Å². The molecule has 0 radical (unpaired) electrons. The van der Waals surface area contributed by atoms with Crippen molar-refractivity contribution >= 4 is 6.03 Å². The van der Waals surface area contributed by atoms with Crippen molar-refractivity contribution in [1.82, 2.24) is 10.2 Å². The van der Waals surface area contributed by atoms with Gasteiger partial charge in [0.15, 0.2) is 11.5 Å². The molecule has 1 heterocycles. The minimum absolute atomic E-state index is 0.0330. The van der Waals surface area contributed by atoms with Crippen molar-refractivity contribution < 1.29 is 19.0 Å². The second-order valence-corrected chi connectivity index (χ2v) is 7.75. The Kier molecular flexibility index (Phi) is 7.44. The number of urea groups is 1. The number of rotatable bonds is 7. The van der Waals surface area contributed by atoms with Crippen LogP contribution in [0.2, 0.25) is 0 Å². The molecule has 1 aliphatic rings. The zero-order chi connectivity index (χ0) is 21.5. The van der Waals surface area contributed by atoms with E-state index < -0.39 is 0 Å². The highest BCUT2D eigenvalue weighted by molar-refractivity contribution is 5.75. The van der Waals surface area contributed by atoms with Gasteiger partial charge in [-0.05, 0) is 55.4 Å². The number of nitrogens with zero attached hydrogens (tertiary/aromatic N) is 1. The first-order valence-corrected chi connectivity index (χ1v) is 10.4. The van der Waals surface area contributed by atoms with Gasteiger partial charge in [-0.1, -0.05) is 30.3 Å². The number of carbonyl (C=O) groups excluding carboxylic acids is 1. The first kappa shape index (κ1) is 21.8. The molecule has 0 saturated carbocycles. The lowest BCUT2D eigenvalue weighted by Gasteiger charge is -2.33.